The minimum absolute atomic E-state index is 0.118. The number of aliphatic carboxylic acids is 1. The summed E-state index contributed by atoms with van der Waals surface area (Å²) in [6, 6.07) is 14.7. The number of rotatable bonds is 5. The first-order chi connectivity index (χ1) is 9.61. The number of carboxylic acids is 1. The summed E-state index contributed by atoms with van der Waals surface area (Å²) in [5.74, 6) is -0.250. The lowest BCUT2D eigenvalue weighted by atomic mass is 9.93. The number of nitrogens with two attached hydrogens (primary N) is 1. The van der Waals surface area contributed by atoms with Gasteiger partial charge in [0, 0.05) is 6.04 Å². The van der Waals surface area contributed by atoms with E-state index in [9.17, 15) is 4.79 Å². The van der Waals surface area contributed by atoms with E-state index in [2.05, 4.69) is 0 Å². The Morgan fingerprint density at radius 1 is 1.25 bits per heavy atom. The van der Waals surface area contributed by atoms with Crippen LogP contribution in [-0.2, 0) is 4.79 Å². The predicted molar refractivity (Wildman–Crippen MR) is 77.6 cm³/mol. The minimum Gasteiger partial charge on any atom is -0.497 e. The molecule has 2 rings (SSSR count). The van der Waals surface area contributed by atoms with Gasteiger partial charge in [-0.25, -0.2) is 0 Å². The van der Waals surface area contributed by atoms with Gasteiger partial charge in [0.1, 0.15) is 5.75 Å². The molecule has 0 spiro atoms. The van der Waals surface area contributed by atoms with Crippen molar-refractivity contribution in [3.05, 3.63) is 54.1 Å². The van der Waals surface area contributed by atoms with E-state index >= 15 is 0 Å². The van der Waals surface area contributed by atoms with Gasteiger partial charge in [0.15, 0.2) is 0 Å². The Kier molecular flexibility index (Phi) is 4.38. The van der Waals surface area contributed by atoms with Crippen LogP contribution in [0.2, 0.25) is 0 Å². The number of carbonyl (C=O) groups is 1. The van der Waals surface area contributed by atoms with E-state index in [1.54, 1.807) is 13.2 Å². The molecular formula is C16H17NO3. The average molecular weight is 271 g/mol. The third-order valence-corrected chi connectivity index (χ3v) is 3.14. The zero-order valence-corrected chi connectivity index (χ0v) is 11.2. The first kappa shape index (κ1) is 14.1. The lowest BCUT2D eigenvalue weighted by Gasteiger charge is -2.16. The van der Waals surface area contributed by atoms with E-state index in [1.165, 1.54) is 0 Å². The van der Waals surface area contributed by atoms with E-state index in [4.69, 9.17) is 15.6 Å². The highest BCUT2D eigenvalue weighted by Crippen LogP contribution is 2.31. The molecule has 0 aliphatic carbocycles. The Labute approximate surface area is 117 Å². The Morgan fingerprint density at radius 2 is 1.95 bits per heavy atom. The number of methoxy groups -OCH3 is 1. The molecule has 0 heterocycles. The molecule has 4 nitrogen and oxygen atoms in total. The fourth-order valence-electron chi connectivity index (χ4n) is 2.15. The van der Waals surface area contributed by atoms with Crippen molar-refractivity contribution in [3.8, 4) is 16.9 Å². The monoisotopic (exact) mass is 271 g/mol. The van der Waals surface area contributed by atoms with E-state index < -0.39 is 12.0 Å². The van der Waals surface area contributed by atoms with Crippen LogP contribution < -0.4 is 10.5 Å². The summed E-state index contributed by atoms with van der Waals surface area (Å²) >= 11 is 0. The summed E-state index contributed by atoms with van der Waals surface area (Å²) in [6.45, 7) is 0. The summed E-state index contributed by atoms with van der Waals surface area (Å²) in [5.41, 5.74) is 8.73. The zero-order valence-electron chi connectivity index (χ0n) is 11.2. The van der Waals surface area contributed by atoms with Gasteiger partial charge in [-0.1, -0.05) is 36.4 Å². The molecule has 1 unspecified atom stereocenters. The Bertz CT molecular complexity index is 596. The molecule has 2 aromatic carbocycles. The van der Waals surface area contributed by atoms with Gasteiger partial charge in [0.05, 0.1) is 13.5 Å². The Morgan fingerprint density at radius 3 is 2.55 bits per heavy atom. The van der Waals surface area contributed by atoms with Crippen LogP contribution in [0.3, 0.4) is 0 Å². The van der Waals surface area contributed by atoms with E-state index in [-0.39, 0.29) is 6.42 Å². The SMILES string of the molecule is COc1ccc(-c2ccccc2)c(C(N)CC(=O)O)c1. The molecule has 0 radical (unpaired) electrons. The molecule has 4 heteroatoms. The highest BCUT2D eigenvalue weighted by Gasteiger charge is 2.16. The normalized spacial score (nSPS) is 11.9. The van der Waals surface area contributed by atoms with Crippen LogP contribution in [0, 0.1) is 0 Å². The van der Waals surface area contributed by atoms with E-state index in [0.29, 0.717) is 5.75 Å². The maximum atomic E-state index is 10.9. The van der Waals surface area contributed by atoms with E-state index in [0.717, 1.165) is 16.7 Å². The molecule has 20 heavy (non-hydrogen) atoms. The second kappa shape index (κ2) is 6.21. The summed E-state index contributed by atoms with van der Waals surface area (Å²) in [4.78, 5) is 10.9. The van der Waals surface area contributed by atoms with Crippen LogP contribution in [0.5, 0.6) is 5.75 Å². The molecule has 0 amide bonds. The molecule has 0 saturated carbocycles. The van der Waals surface area contributed by atoms with Gasteiger partial charge in [-0.15, -0.1) is 0 Å². The summed E-state index contributed by atoms with van der Waals surface area (Å²) < 4.78 is 5.20. The van der Waals surface area contributed by atoms with Crippen molar-refractivity contribution in [2.24, 2.45) is 5.73 Å². The molecule has 0 aromatic heterocycles. The molecule has 1 atom stereocenters. The Balaban J connectivity index is 2.48. The quantitative estimate of drug-likeness (QED) is 0.877. The molecule has 104 valence electrons. The molecule has 0 aliphatic heterocycles. The molecule has 0 saturated heterocycles. The van der Waals surface area contributed by atoms with Crippen LogP contribution in [0.4, 0.5) is 0 Å². The largest absolute Gasteiger partial charge is 0.497 e. The zero-order chi connectivity index (χ0) is 14.5. The third kappa shape index (κ3) is 3.16. The smallest absolute Gasteiger partial charge is 0.305 e. The number of carboxylic acid groups (broad SMARTS) is 1. The average Bonchev–Trinajstić information content (AvgIpc) is 2.46. The summed E-state index contributed by atoms with van der Waals surface area (Å²) in [7, 11) is 1.57. The van der Waals surface area contributed by atoms with Gasteiger partial charge >= 0.3 is 5.97 Å². The van der Waals surface area contributed by atoms with Gasteiger partial charge in [0.25, 0.3) is 0 Å². The van der Waals surface area contributed by atoms with Crippen LogP contribution in [-0.4, -0.2) is 18.2 Å². The number of ether oxygens (including phenoxy) is 1. The topological polar surface area (TPSA) is 72.5 Å². The minimum atomic E-state index is -0.917. The molecule has 2 aromatic rings. The lowest BCUT2D eigenvalue weighted by molar-refractivity contribution is -0.137. The second-order valence-corrected chi connectivity index (χ2v) is 4.52. The van der Waals surface area contributed by atoms with Crippen molar-refractivity contribution < 1.29 is 14.6 Å². The number of benzene rings is 2. The maximum absolute atomic E-state index is 10.9. The van der Waals surface area contributed by atoms with Gasteiger partial charge in [-0.2, -0.15) is 0 Å². The first-order valence-electron chi connectivity index (χ1n) is 6.32. The summed E-state index contributed by atoms with van der Waals surface area (Å²) in [6.07, 6.45) is -0.118. The highest BCUT2D eigenvalue weighted by atomic mass is 16.5. The van der Waals surface area contributed by atoms with Crippen molar-refractivity contribution in [2.45, 2.75) is 12.5 Å². The molecule has 0 aliphatic rings. The molecule has 0 fully saturated rings. The predicted octanol–water partition coefficient (Wildman–Crippen LogP) is 2.84. The van der Waals surface area contributed by atoms with Crippen molar-refractivity contribution in [1.82, 2.24) is 0 Å². The first-order valence-corrected chi connectivity index (χ1v) is 6.32. The maximum Gasteiger partial charge on any atom is 0.305 e. The van der Waals surface area contributed by atoms with Crippen LogP contribution in [0.25, 0.3) is 11.1 Å². The third-order valence-electron chi connectivity index (χ3n) is 3.14. The van der Waals surface area contributed by atoms with Gasteiger partial charge in [0.2, 0.25) is 0 Å². The molecular weight excluding hydrogens is 254 g/mol. The fourth-order valence-corrected chi connectivity index (χ4v) is 2.15. The van der Waals surface area contributed by atoms with Crippen molar-refractivity contribution in [2.75, 3.05) is 7.11 Å². The van der Waals surface area contributed by atoms with Gasteiger partial charge < -0.3 is 15.6 Å². The van der Waals surface area contributed by atoms with Gasteiger partial charge in [-0.05, 0) is 28.8 Å². The Hall–Kier alpha value is -2.33. The lowest BCUT2D eigenvalue weighted by Crippen LogP contribution is -2.16. The van der Waals surface area contributed by atoms with Crippen LogP contribution in [0.15, 0.2) is 48.5 Å². The number of hydrogen-bond acceptors (Lipinski definition) is 3. The van der Waals surface area contributed by atoms with Crippen LogP contribution >= 0.6 is 0 Å². The van der Waals surface area contributed by atoms with Crippen molar-refractivity contribution in [1.29, 1.82) is 0 Å². The van der Waals surface area contributed by atoms with Crippen molar-refractivity contribution >= 4 is 5.97 Å². The fraction of sp³-hybridized carbons (Fsp3) is 0.188. The standard InChI is InChI=1S/C16H17NO3/c1-20-12-7-8-13(11-5-3-2-4-6-11)14(9-12)15(17)10-16(18)19/h2-9,15H,10,17H2,1H3,(H,18,19). The highest BCUT2D eigenvalue weighted by molar-refractivity contribution is 5.72. The van der Waals surface area contributed by atoms with Crippen LogP contribution in [0.1, 0.15) is 18.0 Å². The van der Waals surface area contributed by atoms with Crippen molar-refractivity contribution in [3.63, 3.8) is 0 Å². The van der Waals surface area contributed by atoms with Gasteiger partial charge in [-0.3, -0.25) is 4.79 Å². The molecule has 3 N–H and O–H groups in total. The molecule has 0 bridgehead atoms. The second-order valence-electron chi connectivity index (χ2n) is 4.52. The van der Waals surface area contributed by atoms with E-state index in [1.807, 2.05) is 42.5 Å². The summed E-state index contributed by atoms with van der Waals surface area (Å²) in [5, 5.41) is 8.92. The number of hydrogen-bond donors (Lipinski definition) is 2.